The zero-order valence-corrected chi connectivity index (χ0v) is 15.4. The van der Waals surface area contributed by atoms with Crippen LogP contribution in [0, 0.1) is 0 Å². The molecule has 1 aliphatic rings. The Bertz CT molecular complexity index is 1020. The minimum Gasteiger partial charge on any atom is -0.493 e. The zero-order valence-electron chi connectivity index (χ0n) is 15.4. The molecule has 1 aliphatic heterocycles. The SMILES string of the molecule is O=C(CCCc1c[nH]c2ccccc12)NC(C(=O)O)c1ccc2c(c1)CCO2. The molecule has 1 unspecified atom stereocenters. The molecule has 0 fully saturated rings. The fourth-order valence-corrected chi connectivity index (χ4v) is 3.68. The van der Waals surface area contributed by atoms with Crippen LogP contribution in [0.3, 0.4) is 0 Å². The molecule has 2 heterocycles. The molecule has 0 saturated heterocycles. The molecular formula is C22H22N2O4. The summed E-state index contributed by atoms with van der Waals surface area (Å²) in [6, 6.07) is 12.3. The first kappa shape index (κ1) is 18.1. The molecule has 144 valence electrons. The van der Waals surface area contributed by atoms with Gasteiger partial charge in [-0.25, -0.2) is 4.79 Å². The summed E-state index contributed by atoms with van der Waals surface area (Å²) < 4.78 is 5.46. The Hall–Kier alpha value is -3.28. The number of aryl methyl sites for hydroxylation is 1. The number of nitrogens with one attached hydrogen (secondary N) is 2. The van der Waals surface area contributed by atoms with Crippen LogP contribution in [-0.4, -0.2) is 28.6 Å². The highest BCUT2D eigenvalue weighted by Gasteiger charge is 2.24. The van der Waals surface area contributed by atoms with E-state index >= 15 is 0 Å². The summed E-state index contributed by atoms with van der Waals surface area (Å²) in [7, 11) is 0. The number of aromatic amines is 1. The van der Waals surface area contributed by atoms with Gasteiger partial charge in [-0.15, -0.1) is 0 Å². The molecule has 3 aromatic rings. The topological polar surface area (TPSA) is 91.4 Å². The van der Waals surface area contributed by atoms with Gasteiger partial charge in [-0.2, -0.15) is 0 Å². The number of amides is 1. The average Bonchev–Trinajstić information content (AvgIpc) is 3.32. The van der Waals surface area contributed by atoms with Crippen molar-refractivity contribution in [2.24, 2.45) is 0 Å². The lowest BCUT2D eigenvalue weighted by molar-refractivity contribution is -0.142. The molecule has 0 bridgehead atoms. The van der Waals surface area contributed by atoms with Crippen LogP contribution in [0.4, 0.5) is 0 Å². The van der Waals surface area contributed by atoms with E-state index in [9.17, 15) is 14.7 Å². The monoisotopic (exact) mass is 378 g/mol. The van der Waals surface area contributed by atoms with Gasteiger partial charge in [0.05, 0.1) is 6.61 Å². The number of carboxylic acids is 1. The minimum atomic E-state index is -1.07. The molecule has 6 nitrogen and oxygen atoms in total. The first-order valence-electron chi connectivity index (χ1n) is 9.44. The van der Waals surface area contributed by atoms with Crippen LogP contribution in [0.2, 0.25) is 0 Å². The third-order valence-corrected chi connectivity index (χ3v) is 5.12. The maximum Gasteiger partial charge on any atom is 0.330 e. The lowest BCUT2D eigenvalue weighted by Crippen LogP contribution is -2.33. The Kier molecular flexibility index (Phi) is 5.02. The van der Waals surface area contributed by atoms with Crippen molar-refractivity contribution in [3.63, 3.8) is 0 Å². The molecule has 6 heteroatoms. The number of carbonyl (C=O) groups excluding carboxylic acids is 1. The number of fused-ring (bicyclic) bond motifs is 2. The minimum absolute atomic E-state index is 0.260. The van der Waals surface area contributed by atoms with Crippen LogP contribution in [0.25, 0.3) is 10.9 Å². The molecule has 0 aliphatic carbocycles. The van der Waals surface area contributed by atoms with Crippen molar-refractivity contribution in [3.8, 4) is 5.75 Å². The smallest absolute Gasteiger partial charge is 0.330 e. The highest BCUT2D eigenvalue weighted by atomic mass is 16.5. The second-order valence-corrected chi connectivity index (χ2v) is 7.02. The fourth-order valence-electron chi connectivity index (χ4n) is 3.68. The Morgan fingerprint density at radius 2 is 2.07 bits per heavy atom. The maximum absolute atomic E-state index is 12.4. The van der Waals surface area contributed by atoms with Crippen molar-refractivity contribution in [1.82, 2.24) is 10.3 Å². The summed E-state index contributed by atoms with van der Waals surface area (Å²) >= 11 is 0. The summed E-state index contributed by atoms with van der Waals surface area (Å²) in [6.45, 7) is 0.608. The average molecular weight is 378 g/mol. The zero-order chi connectivity index (χ0) is 19.5. The van der Waals surface area contributed by atoms with Crippen molar-refractivity contribution in [2.45, 2.75) is 31.7 Å². The number of hydrogen-bond donors (Lipinski definition) is 3. The highest BCUT2D eigenvalue weighted by Crippen LogP contribution is 2.28. The predicted octanol–water partition coefficient (Wildman–Crippen LogP) is 3.37. The van der Waals surface area contributed by atoms with E-state index in [-0.39, 0.29) is 12.3 Å². The molecule has 1 aromatic heterocycles. The van der Waals surface area contributed by atoms with E-state index < -0.39 is 12.0 Å². The molecule has 0 spiro atoms. The van der Waals surface area contributed by atoms with E-state index in [1.165, 1.54) is 0 Å². The lowest BCUT2D eigenvalue weighted by Gasteiger charge is -2.16. The van der Waals surface area contributed by atoms with Crippen molar-refractivity contribution in [2.75, 3.05) is 6.61 Å². The molecule has 2 aromatic carbocycles. The summed E-state index contributed by atoms with van der Waals surface area (Å²) in [6.07, 6.45) is 4.41. The fraction of sp³-hybridized carbons (Fsp3) is 0.273. The molecule has 3 N–H and O–H groups in total. The molecule has 1 atom stereocenters. The molecule has 28 heavy (non-hydrogen) atoms. The van der Waals surface area contributed by atoms with E-state index in [4.69, 9.17) is 4.74 Å². The quantitative estimate of drug-likeness (QED) is 0.588. The largest absolute Gasteiger partial charge is 0.493 e. The molecular weight excluding hydrogens is 356 g/mol. The summed E-state index contributed by atoms with van der Waals surface area (Å²) in [5.41, 5.74) is 3.80. The van der Waals surface area contributed by atoms with Gasteiger partial charge in [0.15, 0.2) is 6.04 Å². The van der Waals surface area contributed by atoms with Crippen LogP contribution in [0.15, 0.2) is 48.7 Å². The van der Waals surface area contributed by atoms with Crippen molar-refractivity contribution >= 4 is 22.8 Å². The number of ether oxygens (including phenoxy) is 1. The van der Waals surface area contributed by atoms with Crippen molar-refractivity contribution < 1.29 is 19.4 Å². The third kappa shape index (κ3) is 3.71. The van der Waals surface area contributed by atoms with E-state index in [1.807, 2.05) is 30.5 Å². The first-order chi connectivity index (χ1) is 13.6. The van der Waals surface area contributed by atoms with Gasteiger partial charge in [0.25, 0.3) is 0 Å². The maximum atomic E-state index is 12.4. The van der Waals surface area contributed by atoms with Gasteiger partial charge >= 0.3 is 5.97 Å². The normalized spacial score (nSPS) is 13.7. The number of aliphatic carboxylic acids is 1. The van der Waals surface area contributed by atoms with Gasteiger partial charge in [-0.3, -0.25) is 4.79 Å². The van der Waals surface area contributed by atoms with E-state index in [0.29, 0.717) is 18.6 Å². The third-order valence-electron chi connectivity index (χ3n) is 5.12. The first-order valence-corrected chi connectivity index (χ1v) is 9.44. The van der Waals surface area contributed by atoms with Gasteiger partial charge in [0.1, 0.15) is 5.75 Å². The van der Waals surface area contributed by atoms with Crippen LogP contribution in [-0.2, 0) is 22.4 Å². The Balaban J connectivity index is 1.36. The van der Waals surface area contributed by atoms with Crippen LogP contribution >= 0.6 is 0 Å². The number of rotatable bonds is 7. The van der Waals surface area contributed by atoms with Crippen LogP contribution < -0.4 is 10.1 Å². The number of carbonyl (C=O) groups is 2. The predicted molar refractivity (Wildman–Crippen MR) is 105 cm³/mol. The van der Waals surface area contributed by atoms with Gasteiger partial charge in [0.2, 0.25) is 5.91 Å². The summed E-state index contributed by atoms with van der Waals surface area (Å²) in [5, 5.41) is 13.4. The van der Waals surface area contributed by atoms with Gasteiger partial charge in [-0.1, -0.05) is 24.3 Å². The van der Waals surface area contributed by atoms with Crippen LogP contribution in [0.1, 0.15) is 35.6 Å². The number of aromatic nitrogens is 1. The summed E-state index contributed by atoms with van der Waals surface area (Å²) in [4.78, 5) is 27.3. The number of carboxylic acid groups (broad SMARTS) is 1. The van der Waals surface area contributed by atoms with Crippen molar-refractivity contribution in [3.05, 3.63) is 65.4 Å². The van der Waals surface area contributed by atoms with Gasteiger partial charge < -0.3 is 20.1 Å². The molecule has 0 radical (unpaired) electrons. The molecule has 4 rings (SSSR count). The Morgan fingerprint density at radius 3 is 2.93 bits per heavy atom. The number of para-hydroxylation sites is 1. The van der Waals surface area contributed by atoms with Gasteiger partial charge in [0, 0.05) is 29.9 Å². The molecule has 1 amide bonds. The summed E-state index contributed by atoms with van der Waals surface area (Å²) in [5.74, 6) is -0.536. The van der Waals surface area contributed by atoms with Crippen molar-refractivity contribution in [1.29, 1.82) is 0 Å². The Morgan fingerprint density at radius 1 is 1.21 bits per heavy atom. The van der Waals surface area contributed by atoms with E-state index in [1.54, 1.807) is 12.1 Å². The van der Waals surface area contributed by atoms with E-state index in [0.717, 1.165) is 40.6 Å². The number of benzene rings is 2. The van der Waals surface area contributed by atoms with E-state index in [2.05, 4.69) is 16.4 Å². The second-order valence-electron chi connectivity index (χ2n) is 7.02. The molecule has 0 saturated carbocycles. The number of H-pyrrole nitrogens is 1. The number of hydrogen-bond acceptors (Lipinski definition) is 3. The lowest BCUT2D eigenvalue weighted by atomic mass is 10.0. The highest BCUT2D eigenvalue weighted by molar-refractivity contribution is 5.85. The van der Waals surface area contributed by atoms with Crippen LogP contribution in [0.5, 0.6) is 5.75 Å². The standard InChI is InChI=1S/C22H22N2O4/c25-20(7-3-4-16-13-23-18-6-2-1-5-17(16)18)24-21(22(26)27)15-8-9-19-14(12-15)10-11-28-19/h1-2,5-6,8-9,12-13,21,23H,3-4,7,10-11H2,(H,24,25)(H,26,27). The second kappa shape index (κ2) is 7.76. The Labute approximate surface area is 162 Å². The van der Waals surface area contributed by atoms with Gasteiger partial charge in [-0.05, 0) is 47.7 Å².